The minimum atomic E-state index is -0.736. The zero-order valence-corrected chi connectivity index (χ0v) is 11.3. The van der Waals surface area contributed by atoms with E-state index in [4.69, 9.17) is 4.74 Å². The zero-order chi connectivity index (χ0) is 13.1. The second-order valence-electron chi connectivity index (χ2n) is 3.39. The highest BCUT2D eigenvalue weighted by Crippen LogP contribution is 2.25. The minimum Gasteiger partial charge on any atom is -0.485 e. The van der Waals surface area contributed by atoms with E-state index in [1.165, 1.54) is 23.5 Å². The van der Waals surface area contributed by atoms with E-state index in [9.17, 15) is 14.5 Å². The number of ether oxygens (including phenoxy) is 1. The molecule has 1 aromatic carbocycles. The molecule has 0 saturated heterocycles. The van der Waals surface area contributed by atoms with E-state index in [0.29, 0.717) is 0 Å². The number of nitrogens with zero attached hydrogens (tertiary/aromatic N) is 1. The fourth-order valence-corrected chi connectivity index (χ4v) is 2.66. The van der Waals surface area contributed by atoms with Crippen molar-refractivity contribution in [1.29, 1.82) is 0 Å². The molecule has 0 spiro atoms. The lowest BCUT2D eigenvalue weighted by Gasteiger charge is -2.05. The van der Waals surface area contributed by atoms with Gasteiger partial charge in [0.15, 0.2) is 11.6 Å². The van der Waals surface area contributed by atoms with Gasteiger partial charge in [-0.1, -0.05) is 0 Å². The van der Waals surface area contributed by atoms with Crippen molar-refractivity contribution < 1.29 is 14.1 Å². The molecule has 0 aliphatic rings. The molecule has 0 aliphatic heterocycles. The Hall–Kier alpha value is -1.47. The van der Waals surface area contributed by atoms with Gasteiger partial charge in [-0.25, -0.2) is 4.39 Å². The summed E-state index contributed by atoms with van der Waals surface area (Å²) in [6, 6.07) is 5.19. The first-order valence-electron chi connectivity index (χ1n) is 4.86. The standard InChI is InChI=1S/C11H7BrFNO3S/c12-7-3-9(18-6-7)5-17-11-2-1-8(14(15)16)4-10(11)13/h1-4,6H,5H2. The predicted octanol–water partition coefficient (Wildman–Crippen LogP) is 4.14. The minimum absolute atomic E-state index is 0.00474. The Bertz CT molecular complexity index is 587. The first-order chi connectivity index (χ1) is 8.56. The normalized spacial score (nSPS) is 10.3. The third-order valence-corrected chi connectivity index (χ3v) is 3.79. The van der Waals surface area contributed by atoms with Crippen molar-refractivity contribution in [3.05, 3.63) is 54.9 Å². The topological polar surface area (TPSA) is 52.4 Å². The lowest BCUT2D eigenvalue weighted by molar-refractivity contribution is -0.385. The molecule has 0 radical (unpaired) electrons. The van der Waals surface area contributed by atoms with E-state index in [1.54, 1.807) is 0 Å². The maximum atomic E-state index is 13.5. The monoisotopic (exact) mass is 331 g/mol. The van der Waals surface area contributed by atoms with Gasteiger partial charge >= 0.3 is 0 Å². The van der Waals surface area contributed by atoms with Crippen molar-refractivity contribution in [3.8, 4) is 5.75 Å². The third kappa shape index (κ3) is 3.05. The highest BCUT2D eigenvalue weighted by atomic mass is 79.9. The van der Waals surface area contributed by atoms with E-state index >= 15 is 0 Å². The Morgan fingerprint density at radius 1 is 1.44 bits per heavy atom. The Morgan fingerprint density at radius 3 is 2.78 bits per heavy atom. The summed E-state index contributed by atoms with van der Waals surface area (Å²) in [5.41, 5.74) is -0.293. The van der Waals surface area contributed by atoms with Gasteiger partial charge in [-0.2, -0.15) is 0 Å². The number of thiophene rings is 1. The molecule has 2 rings (SSSR count). The highest BCUT2D eigenvalue weighted by Gasteiger charge is 2.11. The van der Waals surface area contributed by atoms with Crippen LogP contribution < -0.4 is 4.74 Å². The summed E-state index contributed by atoms with van der Waals surface area (Å²) < 4.78 is 19.7. The molecular formula is C11H7BrFNO3S. The summed E-state index contributed by atoms with van der Waals surface area (Å²) in [6.45, 7) is 0.227. The van der Waals surface area contributed by atoms with Crippen molar-refractivity contribution in [2.45, 2.75) is 6.61 Å². The third-order valence-electron chi connectivity index (χ3n) is 2.12. The van der Waals surface area contributed by atoms with Crippen LogP contribution in [0.4, 0.5) is 10.1 Å². The quantitative estimate of drug-likeness (QED) is 0.625. The SMILES string of the molecule is O=[N+]([O-])c1ccc(OCc2cc(Br)cs2)c(F)c1. The van der Waals surface area contributed by atoms with Crippen molar-refractivity contribution >= 4 is 33.0 Å². The summed E-state index contributed by atoms with van der Waals surface area (Å²) in [4.78, 5) is 10.7. The van der Waals surface area contributed by atoms with E-state index in [1.807, 2.05) is 11.4 Å². The van der Waals surface area contributed by atoms with Crippen LogP contribution in [0.15, 0.2) is 34.1 Å². The van der Waals surface area contributed by atoms with Crippen LogP contribution in [0, 0.1) is 15.9 Å². The average molecular weight is 332 g/mol. The number of non-ortho nitro benzene ring substituents is 1. The van der Waals surface area contributed by atoms with Gasteiger partial charge in [0.25, 0.3) is 5.69 Å². The second kappa shape index (κ2) is 5.45. The van der Waals surface area contributed by atoms with Crippen molar-refractivity contribution in [2.24, 2.45) is 0 Å². The predicted molar refractivity (Wildman–Crippen MR) is 69.4 cm³/mol. The molecule has 0 unspecified atom stereocenters. The van der Waals surface area contributed by atoms with Gasteiger partial charge in [0.2, 0.25) is 0 Å². The lowest BCUT2D eigenvalue weighted by Crippen LogP contribution is -1.96. The Balaban J connectivity index is 2.08. The molecule has 1 aromatic heterocycles. The molecule has 0 atom stereocenters. The average Bonchev–Trinajstić information content (AvgIpc) is 2.73. The molecule has 0 aliphatic carbocycles. The van der Waals surface area contributed by atoms with Gasteiger partial charge in [0.1, 0.15) is 6.61 Å². The summed E-state index contributed by atoms with van der Waals surface area (Å²) in [5.74, 6) is -0.732. The zero-order valence-electron chi connectivity index (χ0n) is 8.93. The number of benzene rings is 1. The maximum Gasteiger partial charge on any atom is 0.272 e. The van der Waals surface area contributed by atoms with Crippen LogP contribution in [0.3, 0.4) is 0 Å². The van der Waals surface area contributed by atoms with Crippen LogP contribution in [-0.2, 0) is 6.61 Å². The lowest BCUT2D eigenvalue weighted by atomic mass is 10.3. The largest absolute Gasteiger partial charge is 0.485 e. The van der Waals surface area contributed by atoms with Crippen LogP contribution in [0.5, 0.6) is 5.75 Å². The summed E-state index contributed by atoms with van der Waals surface area (Å²) in [5, 5.41) is 12.3. The molecule has 2 aromatic rings. The smallest absolute Gasteiger partial charge is 0.272 e. The van der Waals surface area contributed by atoms with Crippen molar-refractivity contribution in [2.75, 3.05) is 0 Å². The van der Waals surface area contributed by atoms with Crippen molar-refractivity contribution in [1.82, 2.24) is 0 Å². The molecule has 94 valence electrons. The van der Waals surface area contributed by atoms with Crippen LogP contribution in [0.2, 0.25) is 0 Å². The number of hydrogen-bond acceptors (Lipinski definition) is 4. The molecule has 0 fully saturated rings. The fraction of sp³-hybridized carbons (Fsp3) is 0.0909. The van der Waals surface area contributed by atoms with Gasteiger partial charge in [0, 0.05) is 20.8 Å². The number of hydrogen-bond donors (Lipinski definition) is 0. The molecule has 4 nitrogen and oxygen atoms in total. The molecule has 0 amide bonds. The summed E-state index contributed by atoms with van der Waals surface area (Å²) in [7, 11) is 0. The molecule has 7 heteroatoms. The van der Waals surface area contributed by atoms with Crippen LogP contribution in [-0.4, -0.2) is 4.92 Å². The number of nitro groups is 1. The highest BCUT2D eigenvalue weighted by molar-refractivity contribution is 9.10. The van der Waals surface area contributed by atoms with Crippen LogP contribution >= 0.6 is 27.3 Å². The molecule has 0 bridgehead atoms. The van der Waals surface area contributed by atoms with Gasteiger partial charge in [0.05, 0.1) is 11.0 Å². The van der Waals surface area contributed by atoms with Gasteiger partial charge in [-0.15, -0.1) is 11.3 Å². The molecule has 0 N–H and O–H groups in total. The van der Waals surface area contributed by atoms with Gasteiger partial charge in [-0.05, 0) is 28.1 Å². The Morgan fingerprint density at radius 2 is 2.22 bits per heavy atom. The Kier molecular flexibility index (Phi) is 3.93. The number of nitro benzene ring substituents is 1. The maximum absolute atomic E-state index is 13.5. The Labute approximate surface area is 114 Å². The van der Waals surface area contributed by atoms with Crippen LogP contribution in [0.25, 0.3) is 0 Å². The molecular weight excluding hydrogens is 325 g/mol. The first-order valence-corrected chi connectivity index (χ1v) is 6.53. The van der Waals surface area contributed by atoms with Gasteiger partial charge < -0.3 is 4.74 Å². The van der Waals surface area contributed by atoms with E-state index in [-0.39, 0.29) is 18.0 Å². The first kappa shape index (κ1) is 13.0. The fourth-order valence-electron chi connectivity index (χ4n) is 1.30. The molecule has 0 saturated carbocycles. The summed E-state index contributed by atoms with van der Waals surface area (Å²) >= 11 is 4.78. The second-order valence-corrected chi connectivity index (χ2v) is 5.30. The van der Waals surface area contributed by atoms with E-state index < -0.39 is 10.7 Å². The summed E-state index contributed by atoms with van der Waals surface area (Å²) in [6.07, 6.45) is 0. The van der Waals surface area contributed by atoms with Crippen LogP contribution in [0.1, 0.15) is 4.88 Å². The van der Waals surface area contributed by atoms with Gasteiger partial charge in [-0.3, -0.25) is 10.1 Å². The molecule has 18 heavy (non-hydrogen) atoms. The van der Waals surface area contributed by atoms with E-state index in [0.717, 1.165) is 15.4 Å². The van der Waals surface area contributed by atoms with E-state index in [2.05, 4.69) is 15.9 Å². The number of rotatable bonds is 4. The van der Waals surface area contributed by atoms with Crippen molar-refractivity contribution in [3.63, 3.8) is 0 Å². The number of halogens is 2. The molecule has 1 heterocycles.